The van der Waals surface area contributed by atoms with Crippen molar-refractivity contribution in [3.63, 3.8) is 0 Å². The summed E-state index contributed by atoms with van der Waals surface area (Å²) >= 11 is 6.63. The second-order valence-electron chi connectivity index (χ2n) is 7.44. The summed E-state index contributed by atoms with van der Waals surface area (Å²) in [6.07, 6.45) is 0. The normalized spacial score (nSPS) is 16.5. The zero-order valence-electron chi connectivity index (χ0n) is 17.4. The summed E-state index contributed by atoms with van der Waals surface area (Å²) in [4.78, 5) is 4.89. The van der Waals surface area contributed by atoms with E-state index in [2.05, 4.69) is 38.3 Å². The van der Waals surface area contributed by atoms with Crippen molar-refractivity contribution in [2.24, 2.45) is 0 Å². The topological polar surface area (TPSA) is 59.3 Å². The highest BCUT2D eigenvalue weighted by atomic mass is 35.5. The number of hydrogen-bond acceptors (Lipinski definition) is 6. The summed E-state index contributed by atoms with van der Waals surface area (Å²) < 4.78 is 7.14. The molecule has 8 heteroatoms. The van der Waals surface area contributed by atoms with Crippen LogP contribution < -0.4 is 4.74 Å². The van der Waals surface area contributed by atoms with Gasteiger partial charge >= 0.3 is 0 Å². The van der Waals surface area contributed by atoms with Gasteiger partial charge in [-0.05, 0) is 46.3 Å². The maximum atomic E-state index is 6.63. The lowest BCUT2D eigenvalue weighted by Crippen LogP contribution is -2.48. The summed E-state index contributed by atoms with van der Waals surface area (Å²) in [6.45, 7) is 7.80. The van der Waals surface area contributed by atoms with Gasteiger partial charge in [-0.3, -0.25) is 4.90 Å². The second-order valence-corrected chi connectivity index (χ2v) is 7.84. The molecule has 1 atom stereocenters. The van der Waals surface area contributed by atoms with Gasteiger partial charge in [0.1, 0.15) is 5.75 Å². The Morgan fingerprint density at radius 2 is 1.77 bits per heavy atom. The van der Waals surface area contributed by atoms with Crippen molar-refractivity contribution >= 4 is 11.6 Å². The highest BCUT2D eigenvalue weighted by Crippen LogP contribution is 2.33. The zero-order valence-corrected chi connectivity index (χ0v) is 18.2. The lowest BCUT2D eigenvalue weighted by atomic mass is 10.0. The van der Waals surface area contributed by atoms with Crippen molar-refractivity contribution in [1.29, 1.82) is 0 Å². The van der Waals surface area contributed by atoms with Crippen LogP contribution in [0.5, 0.6) is 5.75 Å². The molecule has 1 aliphatic heterocycles. The first-order chi connectivity index (χ1) is 14.7. The standard InChI is InChI=1S/C22H27ClN6O/c1-3-27-12-14-28(15-13-27)21(19-6-4-5-7-20(19)23)22-24-25-26-29(22)16-17-8-10-18(30-2)11-9-17/h4-11,21H,3,12-16H2,1-2H3. The first-order valence-corrected chi connectivity index (χ1v) is 10.7. The molecule has 0 saturated carbocycles. The van der Waals surface area contributed by atoms with Gasteiger partial charge in [0.15, 0.2) is 5.82 Å². The Kier molecular flexibility index (Phi) is 6.62. The minimum absolute atomic E-state index is 0.0917. The Morgan fingerprint density at radius 1 is 1.03 bits per heavy atom. The van der Waals surface area contributed by atoms with Crippen LogP contribution >= 0.6 is 11.6 Å². The van der Waals surface area contributed by atoms with E-state index >= 15 is 0 Å². The van der Waals surface area contributed by atoms with Crippen LogP contribution in [0.4, 0.5) is 0 Å². The Balaban J connectivity index is 1.66. The molecule has 1 unspecified atom stereocenters. The highest BCUT2D eigenvalue weighted by Gasteiger charge is 2.31. The van der Waals surface area contributed by atoms with Gasteiger partial charge in [-0.1, -0.05) is 48.9 Å². The van der Waals surface area contributed by atoms with E-state index in [1.165, 1.54) is 0 Å². The molecule has 0 spiro atoms. The van der Waals surface area contributed by atoms with Gasteiger partial charge in [0, 0.05) is 31.2 Å². The summed E-state index contributed by atoms with van der Waals surface area (Å²) in [5.74, 6) is 1.64. The number of nitrogens with zero attached hydrogens (tertiary/aromatic N) is 6. The van der Waals surface area contributed by atoms with Gasteiger partial charge in [0.05, 0.1) is 19.7 Å². The van der Waals surface area contributed by atoms with Gasteiger partial charge in [-0.25, -0.2) is 4.68 Å². The average Bonchev–Trinajstić information content (AvgIpc) is 3.24. The lowest BCUT2D eigenvalue weighted by molar-refractivity contribution is 0.108. The number of tetrazole rings is 1. The van der Waals surface area contributed by atoms with E-state index in [-0.39, 0.29) is 6.04 Å². The van der Waals surface area contributed by atoms with Gasteiger partial charge in [0.2, 0.25) is 0 Å². The fourth-order valence-corrected chi connectivity index (χ4v) is 4.20. The summed E-state index contributed by atoms with van der Waals surface area (Å²) in [6, 6.07) is 15.9. The molecule has 1 aliphatic rings. The zero-order chi connectivity index (χ0) is 20.9. The molecule has 0 bridgehead atoms. The quantitative estimate of drug-likeness (QED) is 0.578. The van der Waals surface area contributed by atoms with Gasteiger partial charge in [0.25, 0.3) is 0 Å². The van der Waals surface area contributed by atoms with Crippen molar-refractivity contribution in [3.05, 3.63) is 70.5 Å². The van der Waals surface area contributed by atoms with E-state index in [0.717, 1.165) is 60.4 Å². The predicted octanol–water partition coefficient (Wildman–Crippen LogP) is 3.11. The molecular formula is C22H27ClN6O. The molecule has 0 N–H and O–H groups in total. The third-order valence-corrected chi connectivity index (χ3v) is 6.06. The first-order valence-electron chi connectivity index (χ1n) is 10.3. The van der Waals surface area contributed by atoms with E-state index in [9.17, 15) is 0 Å². The number of rotatable bonds is 7. The summed E-state index contributed by atoms with van der Waals surface area (Å²) in [5, 5.41) is 13.5. The minimum atomic E-state index is -0.0917. The smallest absolute Gasteiger partial charge is 0.173 e. The maximum absolute atomic E-state index is 6.63. The van der Waals surface area contributed by atoms with Gasteiger partial charge in [-0.15, -0.1) is 5.10 Å². The summed E-state index contributed by atoms with van der Waals surface area (Å²) in [5.41, 5.74) is 2.15. The fraction of sp³-hybridized carbons (Fsp3) is 0.409. The molecule has 0 radical (unpaired) electrons. The van der Waals surface area contributed by atoms with Crippen LogP contribution in [-0.4, -0.2) is 69.8 Å². The number of piperazine rings is 1. The first kappa shape index (κ1) is 20.8. The van der Waals surface area contributed by atoms with Crippen LogP contribution in [0.2, 0.25) is 5.02 Å². The second kappa shape index (κ2) is 9.55. The molecule has 2 aromatic carbocycles. The Morgan fingerprint density at radius 3 is 2.43 bits per heavy atom. The van der Waals surface area contributed by atoms with E-state index in [0.29, 0.717) is 6.54 Å². The van der Waals surface area contributed by atoms with Crippen LogP contribution in [0.25, 0.3) is 0 Å². The molecule has 1 saturated heterocycles. The van der Waals surface area contributed by atoms with Crippen LogP contribution in [0.3, 0.4) is 0 Å². The van der Waals surface area contributed by atoms with Crippen LogP contribution in [0, 0.1) is 0 Å². The molecule has 7 nitrogen and oxygen atoms in total. The number of halogens is 1. The van der Waals surface area contributed by atoms with Crippen molar-refractivity contribution in [3.8, 4) is 5.75 Å². The van der Waals surface area contributed by atoms with Crippen molar-refractivity contribution in [1.82, 2.24) is 30.0 Å². The number of hydrogen-bond donors (Lipinski definition) is 0. The molecule has 3 aromatic rings. The van der Waals surface area contributed by atoms with Gasteiger partial charge < -0.3 is 9.64 Å². The van der Waals surface area contributed by atoms with E-state index in [1.54, 1.807) is 7.11 Å². The molecule has 2 heterocycles. The fourth-order valence-electron chi connectivity index (χ4n) is 3.96. The van der Waals surface area contributed by atoms with Crippen molar-refractivity contribution in [2.45, 2.75) is 19.5 Å². The monoisotopic (exact) mass is 426 g/mol. The van der Waals surface area contributed by atoms with E-state index in [4.69, 9.17) is 16.3 Å². The number of methoxy groups -OCH3 is 1. The molecular weight excluding hydrogens is 400 g/mol. The van der Waals surface area contributed by atoms with Gasteiger partial charge in [-0.2, -0.15) is 0 Å². The minimum Gasteiger partial charge on any atom is -0.497 e. The molecule has 1 aromatic heterocycles. The highest BCUT2D eigenvalue weighted by molar-refractivity contribution is 6.31. The maximum Gasteiger partial charge on any atom is 0.173 e. The summed E-state index contributed by atoms with van der Waals surface area (Å²) in [7, 11) is 1.67. The Hall–Kier alpha value is -2.48. The number of likely N-dealkylation sites (N-methyl/N-ethyl adjacent to an activating group) is 1. The van der Waals surface area contributed by atoms with Crippen molar-refractivity contribution in [2.75, 3.05) is 39.8 Å². The van der Waals surface area contributed by atoms with Crippen LogP contribution in [0.1, 0.15) is 29.9 Å². The van der Waals surface area contributed by atoms with Crippen LogP contribution in [0.15, 0.2) is 48.5 Å². The van der Waals surface area contributed by atoms with Crippen molar-refractivity contribution < 1.29 is 4.74 Å². The predicted molar refractivity (Wildman–Crippen MR) is 117 cm³/mol. The number of benzene rings is 2. The molecule has 0 aliphatic carbocycles. The SMILES string of the molecule is CCN1CCN(C(c2ccccc2Cl)c2nnnn2Cc2ccc(OC)cc2)CC1. The molecule has 30 heavy (non-hydrogen) atoms. The van der Waals surface area contributed by atoms with Crippen LogP contribution in [-0.2, 0) is 6.54 Å². The molecule has 158 valence electrons. The number of ether oxygens (including phenoxy) is 1. The number of aromatic nitrogens is 4. The Bertz CT molecular complexity index is 952. The molecule has 4 rings (SSSR count). The Labute approximate surface area is 182 Å². The molecule has 1 fully saturated rings. The molecule has 0 amide bonds. The van der Waals surface area contributed by atoms with E-state index in [1.807, 2.05) is 47.1 Å². The average molecular weight is 427 g/mol. The third kappa shape index (κ3) is 4.48. The van der Waals surface area contributed by atoms with E-state index < -0.39 is 0 Å². The largest absolute Gasteiger partial charge is 0.497 e. The lowest BCUT2D eigenvalue weighted by Gasteiger charge is -2.38. The third-order valence-electron chi connectivity index (χ3n) is 5.71.